The number of carbonyl (C=O) groups excluding carboxylic acids is 2. The summed E-state index contributed by atoms with van der Waals surface area (Å²) >= 11 is 0. The lowest BCUT2D eigenvalue weighted by Crippen LogP contribution is -2.42. The van der Waals surface area contributed by atoms with Crippen LogP contribution in [0, 0.1) is 10.1 Å². The minimum atomic E-state index is -1.10. The van der Waals surface area contributed by atoms with Gasteiger partial charge in [0.1, 0.15) is 5.56 Å². The van der Waals surface area contributed by atoms with E-state index in [1.807, 2.05) is 24.3 Å². The van der Waals surface area contributed by atoms with Gasteiger partial charge in [0.15, 0.2) is 17.6 Å². The first-order valence-corrected chi connectivity index (χ1v) is 9.91. The van der Waals surface area contributed by atoms with Crippen LogP contribution in [0.1, 0.15) is 35.3 Å². The average Bonchev–Trinajstić information content (AvgIpc) is 2.77. The molecule has 0 spiro atoms. The molecule has 0 saturated carbocycles. The van der Waals surface area contributed by atoms with E-state index in [0.29, 0.717) is 19.5 Å². The Morgan fingerprint density at radius 2 is 1.90 bits per heavy atom. The molecule has 1 atom stereocenters. The monoisotopic (exact) mass is 428 g/mol. The van der Waals surface area contributed by atoms with Crippen LogP contribution < -0.4 is 9.47 Å². The summed E-state index contributed by atoms with van der Waals surface area (Å²) in [5.74, 6) is -1.03. The van der Waals surface area contributed by atoms with Gasteiger partial charge in [0.05, 0.1) is 24.7 Å². The number of fused-ring (bicyclic) bond motifs is 1. The number of benzene rings is 2. The number of ether oxygens (including phenoxy) is 3. The van der Waals surface area contributed by atoms with Gasteiger partial charge in [-0.2, -0.15) is 0 Å². The largest absolute Gasteiger partial charge is 0.493 e. The first-order valence-electron chi connectivity index (χ1n) is 9.91. The second kappa shape index (κ2) is 9.46. The van der Waals surface area contributed by atoms with Crippen molar-refractivity contribution in [2.75, 3.05) is 20.3 Å². The predicted octanol–water partition coefficient (Wildman–Crippen LogP) is 3.13. The third-order valence-corrected chi connectivity index (χ3v) is 5.07. The fourth-order valence-electron chi connectivity index (χ4n) is 3.51. The number of esters is 1. The number of hydrogen-bond acceptors (Lipinski definition) is 7. The SMILES string of the molecule is CCOc1cc(C(=O)OC(C)C(=O)N2CCc3ccccc3C2)c([N+](=O)[O-])cc1OC. The van der Waals surface area contributed by atoms with Gasteiger partial charge in [0.2, 0.25) is 0 Å². The average molecular weight is 428 g/mol. The summed E-state index contributed by atoms with van der Waals surface area (Å²) in [5.41, 5.74) is 1.44. The molecule has 0 aromatic heterocycles. The van der Waals surface area contributed by atoms with E-state index >= 15 is 0 Å². The van der Waals surface area contributed by atoms with Crippen molar-refractivity contribution in [3.05, 3.63) is 63.2 Å². The molecule has 1 aliphatic rings. The van der Waals surface area contributed by atoms with E-state index in [-0.39, 0.29) is 29.6 Å². The molecule has 1 aliphatic heterocycles. The quantitative estimate of drug-likeness (QED) is 0.379. The minimum absolute atomic E-state index is 0.126. The highest BCUT2D eigenvalue weighted by atomic mass is 16.6. The molecule has 1 amide bonds. The van der Waals surface area contributed by atoms with E-state index < -0.39 is 22.7 Å². The van der Waals surface area contributed by atoms with Gasteiger partial charge in [-0.25, -0.2) is 4.79 Å². The maximum Gasteiger partial charge on any atom is 0.346 e. The molecule has 0 aliphatic carbocycles. The Morgan fingerprint density at radius 1 is 1.19 bits per heavy atom. The second-order valence-corrected chi connectivity index (χ2v) is 7.04. The number of nitro benzene ring substituents is 1. The third kappa shape index (κ3) is 4.76. The molecular formula is C22H24N2O7. The molecule has 0 N–H and O–H groups in total. The van der Waals surface area contributed by atoms with Crippen LogP contribution in [0.5, 0.6) is 11.5 Å². The maximum absolute atomic E-state index is 12.8. The van der Waals surface area contributed by atoms with E-state index in [0.717, 1.165) is 11.6 Å². The summed E-state index contributed by atoms with van der Waals surface area (Å²) in [6.45, 7) is 4.40. The molecule has 3 rings (SSSR count). The molecule has 0 saturated heterocycles. The number of rotatable bonds is 7. The molecule has 1 heterocycles. The highest BCUT2D eigenvalue weighted by molar-refractivity contribution is 5.96. The van der Waals surface area contributed by atoms with Crippen molar-refractivity contribution in [3.63, 3.8) is 0 Å². The number of hydrogen-bond donors (Lipinski definition) is 0. The van der Waals surface area contributed by atoms with E-state index in [1.165, 1.54) is 25.7 Å². The zero-order valence-electron chi connectivity index (χ0n) is 17.6. The van der Waals surface area contributed by atoms with Crippen LogP contribution in [0.3, 0.4) is 0 Å². The Labute approximate surface area is 179 Å². The first-order chi connectivity index (χ1) is 14.8. The minimum Gasteiger partial charge on any atom is -0.493 e. The van der Waals surface area contributed by atoms with Crippen LogP contribution in [-0.2, 0) is 22.5 Å². The van der Waals surface area contributed by atoms with Crippen molar-refractivity contribution in [2.24, 2.45) is 0 Å². The molecule has 0 bridgehead atoms. The van der Waals surface area contributed by atoms with Gasteiger partial charge in [-0.05, 0) is 31.4 Å². The van der Waals surface area contributed by atoms with Gasteiger partial charge in [-0.1, -0.05) is 24.3 Å². The Balaban J connectivity index is 1.78. The fourth-order valence-corrected chi connectivity index (χ4v) is 3.51. The zero-order valence-corrected chi connectivity index (χ0v) is 17.6. The molecule has 0 fully saturated rings. The number of nitro groups is 1. The Kier molecular flexibility index (Phi) is 6.74. The van der Waals surface area contributed by atoms with Crippen LogP contribution in [0.25, 0.3) is 0 Å². The normalized spacial score (nSPS) is 13.7. The summed E-state index contributed by atoms with van der Waals surface area (Å²) in [5, 5.41) is 11.5. The molecule has 164 valence electrons. The highest BCUT2D eigenvalue weighted by Crippen LogP contribution is 2.35. The lowest BCUT2D eigenvalue weighted by molar-refractivity contribution is -0.385. The Bertz CT molecular complexity index is 1010. The van der Waals surface area contributed by atoms with Crippen molar-refractivity contribution in [1.29, 1.82) is 0 Å². The third-order valence-electron chi connectivity index (χ3n) is 5.07. The number of methoxy groups -OCH3 is 1. The summed E-state index contributed by atoms with van der Waals surface area (Å²) < 4.78 is 15.8. The van der Waals surface area contributed by atoms with E-state index in [1.54, 1.807) is 11.8 Å². The van der Waals surface area contributed by atoms with Gasteiger partial charge < -0.3 is 19.1 Å². The van der Waals surface area contributed by atoms with Crippen molar-refractivity contribution in [2.45, 2.75) is 32.9 Å². The standard InChI is InChI=1S/C22H24N2O7/c1-4-30-20-11-17(18(24(27)28)12-19(20)29-3)22(26)31-14(2)21(25)23-10-9-15-7-5-6-8-16(15)13-23/h5-8,11-12,14H,4,9-10,13H2,1-3H3. The van der Waals surface area contributed by atoms with Gasteiger partial charge in [0, 0.05) is 19.2 Å². The smallest absolute Gasteiger partial charge is 0.346 e. The zero-order chi connectivity index (χ0) is 22.5. The lowest BCUT2D eigenvalue weighted by atomic mass is 9.99. The molecule has 31 heavy (non-hydrogen) atoms. The molecule has 2 aromatic rings. The van der Waals surface area contributed by atoms with Crippen LogP contribution in [0.15, 0.2) is 36.4 Å². The summed E-state index contributed by atoms with van der Waals surface area (Å²) in [6, 6.07) is 10.2. The lowest BCUT2D eigenvalue weighted by Gasteiger charge is -2.30. The fraction of sp³-hybridized carbons (Fsp3) is 0.364. The topological polar surface area (TPSA) is 108 Å². The Hall–Kier alpha value is -3.62. The molecule has 9 heteroatoms. The Morgan fingerprint density at radius 3 is 2.55 bits per heavy atom. The van der Waals surface area contributed by atoms with Gasteiger partial charge in [-0.15, -0.1) is 0 Å². The van der Waals surface area contributed by atoms with Gasteiger partial charge >= 0.3 is 5.97 Å². The molecule has 1 unspecified atom stereocenters. The maximum atomic E-state index is 12.8. The van der Waals surface area contributed by atoms with E-state index in [2.05, 4.69) is 0 Å². The molecule has 9 nitrogen and oxygen atoms in total. The van der Waals surface area contributed by atoms with E-state index in [4.69, 9.17) is 14.2 Å². The second-order valence-electron chi connectivity index (χ2n) is 7.04. The predicted molar refractivity (Wildman–Crippen MR) is 111 cm³/mol. The summed E-state index contributed by atoms with van der Waals surface area (Å²) in [4.78, 5) is 37.9. The number of amides is 1. The van der Waals surface area contributed by atoms with Crippen LogP contribution >= 0.6 is 0 Å². The van der Waals surface area contributed by atoms with Crippen molar-refractivity contribution >= 4 is 17.6 Å². The summed E-state index contributed by atoms with van der Waals surface area (Å²) in [7, 11) is 1.34. The van der Waals surface area contributed by atoms with Crippen LogP contribution in [-0.4, -0.2) is 48.1 Å². The molecule has 0 radical (unpaired) electrons. The number of carbonyl (C=O) groups is 2. The van der Waals surface area contributed by atoms with Crippen LogP contribution in [0.2, 0.25) is 0 Å². The van der Waals surface area contributed by atoms with Gasteiger partial charge in [0.25, 0.3) is 11.6 Å². The van der Waals surface area contributed by atoms with Crippen molar-refractivity contribution < 1.29 is 28.7 Å². The van der Waals surface area contributed by atoms with Crippen LogP contribution in [0.4, 0.5) is 5.69 Å². The first kappa shape index (κ1) is 22.1. The van der Waals surface area contributed by atoms with Gasteiger partial charge in [-0.3, -0.25) is 14.9 Å². The molecular weight excluding hydrogens is 404 g/mol. The highest BCUT2D eigenvalue weighted by Gasteiger charge is 2.31. The number of nitrogens with zero attached hydrogens (tertiary/aromatic N) is 2. The van der Waals surface area contributed by atoms with E-state index in [9.17, 15) is 19.7 Å². The molecule has 2 aromatic carbocycles. The summed E-state index contributed by atoms with van der Waals surface area (Å²) in [6.07, 6.45) is -0.389. The van der Waals surface area contributed by atoms with Crippen molar-refractivity contribution in [3.8, 4) is 11.5 Å². The van der Waals surface area contributed by atoms with Crippen molar-refractivity contribution in [1.82, 2.24) is 4.90 Å².